The van der Waals surface area contributed by atoms with Crippen LogP contribution in [0.25, 0.3) is 0 Å². The molecule has 0 aromatic heterocycles. The Hall–Kier alpha value is -1.06. The maximum Gasteiger partial charge on any atom is 0.0411 e. The first-order chi connectivity index (χ1) is 8.22. The SMILES string of the molecule is CN(C)C1CCN(c2ccccc2CN)CC1. The van der Waals surface area contributed by atoms with E-state index in [1.807, 2.05) is 0 Å². The fourth-order valence-corrected chi connectivity index (χ4v) is 2.62. The van der Waals surface area contributed by atoms with Gasteiger partial charge in [-0.25, -0.2) is 0 Å². The minimum absolute atomic E-state index is 0.629. The van der Waals surface area contributed by atoms with Gasteiger partial charge in [-0.3, -0.25) is 0 Å². The van der Waals surface area contributed by atoms with E-state index in [4.69, 9.17) is 5.73 Å². The first-order valence-corrected chi connectivity index (χ1v) is 6.41. The molecule has 2 rings (SSSR count). The van der Waals surface area contributed by atoms with Crippen LogP contribution in [0.1, 0.15) is 18.4 Å². The van der Waals surface area contributed by atoms with E-state index in [9.17, 15) is 0 Å². The highest BCUT2D eigenvalue weighted by Gasteiger charge is 2.21. The lowest BCUT2D eigenvalue weighted by Crippen LogP contribution is -2.42. The van der Waals surface area contributed by atoms with Gasteiger partial charge in [-0.05, 0) is 38.6 Å². The van der Waals surface area contributed by atoms with E-state index in [-0.39, 0.29) is 0 Å². The molecule has 0 spiro atoms. The summed E-state index contributed by atoms with van der Waals surface area (Å²) in [4.78, 5) is 4.81. The van der Waals surface area contributed by atoms with Crippen molar-refractivity contribution in [2.24, 2.45) is 5.73 Å². The summed E-state index contributed by atoms with van der Waals surface area (Å²) in [5.74, 6) is 0. The molecule has 1 fully saturated rings. The van der Waals surface area contributed by atoms with Crippen LogP contribution in [0, 0.1) is 0 Å². The fourth-order valence-electron chi connectivity index (χ4n) is 2.62. The molecule has 1 aliphatic heterocycles. The van der Waals surface area contributed by atoms with E-state index in [0.29, 0.717) is 6.54 Å². The van der Waals surface area contributed by atoms with Gasteiger partial charge in [0.2, 0.25) is 0 Å². The van der Waals surface area contributed by atoms with Gasteiger partial charge in [0.25, 0.3) is 0 Å². The van der Waals surface area contributed by atoms with Gasteiger partial charge in [0, 0.05) is 31.4 Å². The zero-order chi connectivity index (χ0) is 12.3. The summed E-state index contributed by atoms with van der Waals surface area (Å²) >= 11 is 0. The Bertz CT molecular complexity index is 354. The number of benzene rings is 1. The molecular formula is C14H23N3. The van der Waals surface area contributed by atoms with Gasteiger partial charge in [-0.15, -0.1) is 0 Å². The number of piperidine rings is 1. The van der Waals surface area contributed by atoms with E-state index in [0.717, 1.165) is 19.1 Å². The van der Waals surface area contributed by atoms with Crippen LogP contribution >= 0.6 is 0 Å². The Morgan fingerprint density at radius 1 is 1.24 bits per heavy atom. The van der Waals surface area contributed by atoms with Gasteiger partial charge >= 0.3 is 0 Å². The van der Waals surface area contributed by atoms with Crippen LogP contribution in [0.3, 0.4) is 0 Å². The number of rotatable bonds is 3. The predicted molar refractivity (Wildman–Crippen MR) is 73.3 cm³/mol. The van der Waals surface area contributed by atoms with E-state index in [1.54, 1.807) is 0 Å². The average molecular weight is 233 g/mol. The van der Waals surface area contributed by atoms with Crippen molar-refractivity contribution in [2.45, 2.75) is 25.4 Å². The molecule has 1 aliphatic rings. The zero-order valence-corrected chi connectivity index (χ0v) is 10.9. The molecule has 1 saturated heterocycles. The minimum Gasteiger partial charge on any atom is -0.371 e. The van der Waals surface area contributed by atoms with Gasteiger partial charge in [-0.1, -0.05) is 18.2 Å². The molecule has 2 N–H and O–H groups in total. The van der Waals surface area contributed by atoms with Crippen LogP contribution in [-0.4, -0.2) is 38.1 Å². The second kappa shape index (κ2) is 5.52. The Morgan fingerprint density at radius 2 is 1.88 bits per heavy atom. The lowest BCUT2D eigenvalue weighted by molar-refractivity contribution is 0.249. The molecule has 94 valence electrons. The Kier molecular flexibility index (Phi) is 4.02. The molecular weight excluding hydrogens is 210 g/mol. The summed E-state index contributed by atoms with van der Waals surface area (Å²) in [6.45, 7) is 2.91. The summed E-state index contributed by atoms with van der Waals surface area (Å²) in [5, 5.41) is 0. The van der Waals surface area contributed by atoms with Crippen molar-refractivity contribution in [1.82, 2.24) is 4.90 Å². The summed E-state index contributed by atoms with van der Waals surface area (Å²) in [5.41, 5.74) is 8.38. The van der Waals surface area contributed by atoms with Gasteiger partial charge in [-0.2, -0.15) is 0 Å². The quantitative estimate of drug-likeness (QED) is 0.862. The third kappa shape index (κ3) is 2.79. The topological polar surface area (TPSA) is 32.5 Å². The van der Waals surface area contributed by atoms with Gasteiger partial charge in [0.05, 0.1) is 0 Å². The van der Waals surface area contributed by atoms with Crippen LogP contribution in [0.4, 0.5) is 5.69 Å². The molecule has 0 unspecified atom stereocenters. The van der Waals surface area contributed by atoms with Crippen molar-refractivity contribution >= 4 is 5.69 Å². The monoisotopic (exact) mass is 233 g/mol. The van der Waals surface area contributed by atoms with Crippen molar-refractivity contribution in [3.05, 3.63) is 29.8 Å². The van der Waals surface area contributed by atoms with Gasteiger partial charge < -0.3 is 15.5 Å². The van der Waals surface area contributed by atoms with E-state index in [2.05, 4.69) is 48.2 Å². The molecule has 3 nitrogen and oxygen atoms in total. The van der Waals surface area contributed by atoms with Crippen molar-refractivity contribution in [3.8, 4) is 0 Å². The molecule has 0 saturated carbocycles. The standard InChI is InChI=1S/C14H23N3/c1-16(2)13-7-9-17(10-8-13)14-6-4-3-5-12(14)11-15/h3-6,13H,7-11,15H2,1-2H3. The van der Waals surface area contributed by atoms with Crippen LogP contribution in [0.5, 0.6) is 0 Å². The highest BCUT2D eigenvalue weighted by Crippen LogP contribution is 2.24. The lowest BCUT2D eigenvalue weighted by atomic mass is 10.0. The first-order valence-electron chi connectivity index (χ1n) is 6.41. The van der Waals surface area contributed by atoms with Crippen LogP contribution in [-0.2, 0) is 6.54 Å². The summed E-state index contributed by atoms with van der Waals surface area (Å²) in [6.07, 6.45) is 2.48. The van der Waals surface area contributed by atoms with Crippen molar-refractivity contribution < 1.29 is 0 Å². The van der Waals surface area contributed by atoms with E-state index >= 15 is 0 Å². The summed E-state index contributed by atoms with van der Waals surface area (Å²) < 4.78 is 0. The highest BCUT2D eigenvalue weighted by atomic mass is 15.2. The number of nitrogens with two attached hydrogens (primary N) is 1. The van der Waals surface area contributed by atoms with Crippen LogP contribution < -0.4 is 10.6 Å². The summed E-state index contributed by atoms with van der Waals surface area (Å²) in [6, 6.07) is 9.23. The van der Waals surface area contributed by atoms with Crippen LogP contribution in [0.2, 0.25) is 0 Å². The molecule has 1 heterocycles. The molecule has 3 heteroatoms. The molecule has 0 amide bonds. The number of anilines is 1. The third-order valence-corrected chi connectivity index (χ3v) is 3.75. The van der Waals surface area contributed by atoms with Crippen LogP contribution in [0.15, 0.2) is 24.3 Å². The second-order valence-corrected chi connectivity index (χ2v) is 5.01. The van der Waals surface area contributed by atoms with Crippen molar-refractivity contribution in [3.63, 3.8) is 0 Å². The number of hydrogen-bond donors (Lipinski definition) is 1. The third-order valence-electron chi connectivity index (χ3n) is 3.75. The maximum atomic E-state index is 5.80. The normalized spacial score (nSPS) is 17.8. The van der Waals surface area contributed by atoms with Gasteiger partial charge in [0.1, 0.15) is 0 Å². The number of nitrogens with zero attached hydrogens (tertiary/aromatic N) is 2. The number of para-hydroxylation sites is 1. The lowest BCUT2D eigenvalue weighted by Gasteiger charge is -2.37. The predicted octanol–water partition coefficient (Wildman–Crippen LogP) is 1.68. The van der Waals surface area contributed by atoms with Crippen molar-refractivity contribution in [2.75, 3.05) is 32.1 Å². The Morgan fingerprint density at radius 3 is 2.47 bits per heavy atom. The molecule has 1 aromatic carbocycles. The maximum absolute atomic E-state index is 5.80. The highest BCUT2D eigenvalue weighted by molar-refractivity contribution is 5.53. The van der Waals surface area contributed by atoms with E-state index in [1.165, 1.54) is 24.1 Å². The molecule has 1 aromatic rings. The van der Waals surface area contributed by atoms with Crippen molar-refractivity contribution in [1.29, 1.82) is 0 Å². The van der Waals surface area contributed by atoms with Gasteiger partial charge in [0.15, 0.2) is 0 Å². The Balaban J connectivity index is 2.05. The zero-order valence-electron chi connectivity index (χ0n) is 10.9. The fraction of sp³-hybridized carbons (Fsp3) is 0.571. The second-order valence-electron chi connectivity index (χ2n) is 5.01. The smallest absolute Gasteiger partial charge is 0.0411 e. The molecule has 0 bridgehead atoms. The van der Waals surface area contributed by atoms with E-state index < -0.39 is 0 Å². The number of hydrogen-bond acceptors (Lipinski definition) is 3. The molecule has 0 radical (unpaired) electrons. The molecule has 17 heavy (non-hydrogen) atoms. The average Bonchev–Trinajstić information content (AvgIpc) is 2.39. The molecule has 0 atom stereocenters. The minimum atomic E-state index is 0.629. The first kappa shape index (κ1) is 12.4. The summed E-state index contributed by atoms with van der Waals surface area (Å²) in [7, 11) is 4.35. The largest absolute Gasteiger partial charge is 0.371 e. The molecule has 0 aliphatic carbocycles. The Labute approximate surface area is 104 Å².